The van der Waals surface area contributed by atoms with Gasteiger partial charge in [-0.05, 0) is 24.6 Å². The van der Waals surface area contributed by atoms with Gasteiger partial charge in [0.05, 0.1) is 12.6 Å². The molecular formula is C14H13NO2. The van der Waals surface area contributed by atoms with Crippen LogP contribution in [0.15, 0.2) is 29.1 Å². The van der Waals surface area contributed by atoms with Gasteiger partial charge in [-0.2, -0.15) is 0 Å². The summed E-state index contributed by atoms with van der Waals surface area (Å²) in [7, 11) is 1.65. The van der Waals surface area contributed by atoms with E-state index in [1.807, 2.05) is 31.2 Å². The number of rotatable bonds is 1. The highest BCUT2D eigenvalue weighted by atomic mass is 16.5. The second kappa shape index (κ2) is 3.48. The van der Waals surface area contributed by atoms with Crippen LogP contribution in [0.25, 0.3) is 17.0 Å². The van der Waals surface area contributed by atoms with E-state index < -0.39 is 0 Å². The minimum Gasteiger partial charge on any atom is -0.496 e. The fourth-order valence-electron chi connectivity index (χ4n) is 2.45. The van der Waals surface area contributed by atoms with E-state index in [9.17, 15) is 4.79 Å². The number of benzene rings is 1. The van der Waals surface area contributed by atoms with Gasteiger partial charge in [0.25, 0.3) is 5.56 Å². The van der Waals surface area contributed by atoms with Crippen LogP contribution in [0.3, 0.4) is 0 Å². The smallest absolute Gasteiger partial charge is 0.251 e. The molecule has 17 heavy (non-hydrogen) atoms. The molecule has 3 nitrogen and oxygen atoms in total. The summed E-state index contributed by atoms with van der Waals surface area (Å²) in [6.45, 7) is 2.60. The van der Waals surface area contributed by atoms with E-state index in [4.69, 9.17) is 4.74 Å². The molecule has 1 aliphatic rings. The van der Waals surface area contributed by atoms with Crippen LogP contribution in [0, 0.1) is 6.92 Å². The predicted octanol–water partition coefficient (Wildman–Crippen LogP) is 2.35. The number of pyridine rings is 1. The van der Waals surface area contributed by atoms with Crippen molar-refractivity contribution in [1.29, 1.82) is 0 Å². The molecule has 0 bridgehead atoms. The van der Waals surface area contributed by atoms with Gasteiger partial charge in [-0.15, -0.1) is 0 Å². The SMILES string of the molecule is COc1ccc2c(C)cc(=O)n3c2c1C=CC3. The Morgan fingerprint density at radius 3 is 2.94 bits per heavy atom. The molecule has 0 radical (unpaired) electrons. The summed E-state index contributed by atoms with van der Waals surface area (Å²) < 4.78 is 7.14. The third-order valence-electron chi connectivity index (χ3n) is 3.27. The topological polar surface area (TPSA) is 31.2 Å². The Balaban J connectivity index is 2.58. The van der Waals surface area contributed by atoms with Gasteiger partial charge in [0.1, 0.15) is 5.75 Å². The molecule has 86 valence electrons. The van der Waals surface area contributed by atoms with Crippen molar-refractivity contribution in [2.75, 3.05) is 7.11 Å². The van der Waals surface area contributed by atoms with E-state index >= 15 is 0 Å². The van der Waals surface area contributed by atoms with E-state index in [0.29, 0.717) is 6.54 Å². The van der Waals surface area contributed by atoms with Crippen molar-refractivity contribution in [3.63, 3.8) is 0 Å². The number of allylic oxidation sites excluding steroid dienone is 1. The molecule has 2 heterocycles. The Hall–Kier alpha value is -2.03. The fourth-order valence-corrected chi connectivity index (χ4v) is 2.45. The van der Waals surface area contributed by atoms with Crippen molar-refractivity contribution in [2.45, 2.75) is 13.5 Å². The Bertz CT molecular complexity index is 695. The van der Waals surface area contributed by atoms with Crippen LogP contribution < -0.4 is 10.3 Å². The molecule has 0 amide bonds. The van der Waals surface area contributed by atoms with Crippen molar-refractivity contribution >= 4 is 17.0 Å². The Kier molecular flexibility index (Phi) is 2.08. The van der Waals surface area contributed by atoms with Gasteiger partial charge in [0, 0.05) is 23.6 Å². The zero-order chi connectivity index (χ0) is 12.0. The number of nitrogens with zero attached hydrogens (tertiary/aromatic N) is 1. The van der Waals surface area contributed by atoms with Gasteiger partial charge in [0.2, 0.25) is 0 Å². The second-order valence-electron chi connectivity index (χ2n) is 4.26. The monoisotopic (exact) mass is 227 g/mol. The lowest BCUT2D eigenvalue weighted by molar-refractivity contribution is 0.414. The van der Waals surface area contributed by atoms with E-state index in [0.717, 1.165) is 27.8 Å². The molecule has 0 N–H and O–H groups in total. The first kappa shape index (κ1) is 10.1. The maximum atomic E-state index is 12.0. The summed E-state index contributed by atoms with van der Waals surface area (Å²) in [5.41, 5.74) is 3.04. The average Bonchev–Trinajstić information content (AvgIpc) is 2.35. The first-order valence-corrected chi connectivity index (χ1v) is 5.60. The molecule has 0 atom stereocenters. The van der Waals surface area contributed by atoms with Crippen LogP contribution >= 0.6 is 0 Å². The van der Waals surface area contributed by atoms with Crippen LogP contribution in [0.1, 0.15) is 11.1 Å². The molecule has 0 fully saturated rings. The molecular weight excluding hydrogens is 214 g/mol. The predicted molar refractivity (Wildman–Crippen MR) is 68.5 cm³/mol. The molecule has 0 saturated carbocycles. The zero-order valence-corrected chi connectivity index (χ0v) is 9.86. The minimum atomic E-state index is 0.0499. The van der Waals surface area contributed by atoms with Gasteiger partial charge >= 0.3 is 0 Å². The number of aryl methyl sites for hydroxylation is 1. The molecule has 1 aromatic carbocycles. The highest BCUT2D eigenvalue weighted by Gasteiger charge is 2.15. The summed E-state index contributed by atoms with van der Waals surface area (Å²) in [5, 5.41) is 1.12. The fraction of sp³-hybridized carbons (Fsp3) is 0.214. The highest BCUT2D eigenvalue weighted by Crippen LogP contribution is 2.31. The zero-order valence-electron chi connectivity index (χ0n) is 9.86. The molecule has 0 spiro atoms. The number of hydrogen-bond acceptors (Lipinski definition) is 2. The van der Waals surface area contributed by atoms with Gasteiger partial charge in [-0.1, -0.05) is 12.2 Å². The molecule has 1 aromatic heterocycles. The standard InChI is InChI=1S/C14H13NO2/c1-9-8-13(16)15-7-3-4-11-12(17-2)6-5-10(9)14(11)15/h3-6,8H,7H2,1-2H3. The van der Waals surface area contributed by atoms with E-state index in [1.165, 1.54) is 0 Å². The third kappa shape index (κ3) is 1.32. The van der Waals surface area contributed by atoms with Crippen LogP contribution in [0.4, 0.5) is 0 Å². The summed E-state index contributed by atoms with van der Waals surface area (Å²) in [4.78, 5) is 12.0. The minimum absolute atomic E-state index is 0.0499. The quantitative estimate of drug-likeness (QED) is 0.748. The Labute approximate surface area is 98.9 Å². The summed E-state index contributed by atoms with van der Waals surface area (Å²) in [6, 6.07) is 5.66. The molecule has 3 rings (SSSR count). The number of hydrogen-bond donors (Lipinski definition) is 0. The molecule has 0 aliphatic carbocycles. The molecule has 3 heteroatoms. The van der Waals surface area contributed by atoms with Crippen molar-refractivity contribution in [3.05, 3.63) is 45.8 Å². The van der Waals surface area contributed by atoms with E-state index in [-0.39, 0.29) is 5.56 Å². The van der Waals surface area contributed by atoms with E-state index in [1.54, 1.807) is 17.7 Å². The molecule has 0 unspecified atom stereocenters. The van der Waals surface area contributed by atoms with Crippen LogP contribution in [-0.4, -0.2) is 11.7 Å². The summed E-state index contributed by atoms with van der Waals surface area (Å²) >= 11 is 0. The van der Waals surface area contributed by atoms with Crippen LogP contribution in [0.5, 0.6) is 5.75 Å². The second-order valence-corrected chi connectivity index (χ2v) is 4.26. The Morgan fingerprint density at radius 1 is 1.35 bits per heavy atom. The number of ether oxygens (including phenoxy) is 1. The van der Waals surface area contributed by atoms with E-state index in [2.05, 4.69) is 0 Å². The van der Waals surface area contributed by atoms with Crippen molar-refractivity contribution in [1.82, 2.24) is 4.57 Å². The Morgan fingerprint density at radius 2 is 2.18 bits per heavy atom. The third-order valence-corrected chi connectivity index (χ3v) is 3.27. The van der Waals surface area contributed by atoms with Crippen LogP contribution in [0.2, 0.25) is 0 Å². The maximum absolute atomic E-state index is 12.0. The van der Waals surface area contributed by atoms with Crippen molar-refractivity contribution in [3.8, 4) is 5.75 Å². The highest BCUT2D eigenvalue weighted by molar-refractivity contribution is 5.93. The first-order valence-electron chi connectivity index (χ1n) is 5.60. The van der Waals surface area contributed by atoms with Gasteiger partial charge in [0.15, 0.2) is 0 Å². The molecule has 2 aromatic rings. The van der Waals surface area contributed by atoms with Crippen molar-refractivity contribution in [2.24, 2.45) is 0 Å². The maximum Gasteiger partial charge on any atom is 0.251 e. The van der Waals surface area contributed by atoms with Crippen LogP contribution in [-0.2, 0) is 6.54 Å². The normalized spacial score (nSPS) is 13.1. The summed E-state index contributed by atoms with van der Waals surface area (Å²) in [6.07, 6.45) is 4.01. The van der Waals surface area contributed by atoms with Crippen molar-refractivity contribution < 1.29 is 4.74 Å². The average molecular weight is 227 g/mol. The number of aromatic nitrogens is 1. The molecule has 1 aliphatic heterocycles. The largest absolute Gasteiger partial charge is 0.496 e. The lowest BCUT2D eigenvalue weighted by atomic mass is 10.0. The lowest BCUT2D eigenvalue weighted by Gasteiger charge is -2.18. The summed E-state index contributed by atoms with van der Waals surface area (Å²) in [5.74, 6) is 0.812. The molecule has 0 saturated heterocycles. The number of methoxy groups -OCH3 is 1. The lowest BCUT2D eigenvalue weighted by Crippen LogP contribution is -2.21. The van der Waals surface area contributed by atoms with Gasteiger partial charge in [-0.25, -0.2) is 0 Å². The van der Waals surface area contributed by atoms with Gasteiger partial charge < -0.3 is 9.30 Å². The van der Waals surface area contributed by atoms with Gasteiger partial charge in [-0.3, -0.25) is 4.79 Å². The first-order chi connectivity index (χ1) is 8.22.